The first-order valence-corrected chi connectivity index (χ1v) is 5.74. The molecule has 2 heterocycles. The number of aldehydes is 1. The van der Waals surface area contributed by atoms with Gasteiger partial charge in [0.2, 0.25) is 0 Å². The lowest BCUT2D eigenvalue weighted by Gasteiger charge is -2.05. The molecule has 0 saturated carbocycles. The first-order chi connectivity index (χ1) is 8.50. The molecule has 0 spiro atoms. The number of aromatic nitrogens is 2. The van der Waals surface area contributed by atoms with Gasteiger partial charge in [0, 0.05) is 0 Å². The van der Waals surface area contributed by atoms with Crippen LogP contribution in [0.25, 0.3) is 15.0 Å². The molecule has 7 heteroatoms. The number of carbonyl (C=O) groups is 1. The maximum atomic E-state index is 12.6. The zero-order valence-electron chi connectivity index (χ0n) is 8.73. The van der Waals surface area contributed by atoms with Crippen molar-refractivity contribution in [3.05, 3.63) is 35.8 Å². The van der Waals surface area contributed by atoms with Crippen LogP contribution in [0.5, 0.6) is 0 Å². The molecule has 0 unspecified atom stereocenters. The summed E-state index contributed by atoms with van der Waals surface area (Å²) >= 11 is 1.12. The van der Waals surface area contributed by atoms with E-state index in [9.17, 15) is 18.0 Å². The van der Waals surface area contributed by atoms with Gasteiger partial charge in [-0.25, -0.2) is 4.98 Å². The van der Waals surface area contributed by atoms with Crippen LogP contribution in [0.3, 0.4) is 0 Å². The Kier molecular flexibility index (Phi) is 2.21. The number of hydrogen-bond donors (Lipinski definition) is 0. The van der Waals surface area contributed by atoms with E-state index in [0.717, 1.165) is 23.5 Å². The first kappa shape index (κ1) is 11.2. The monoisotopic (exact) mass is 270 g/mol. The summed E-state index contributed by atoms with van der Waals surface area (Å²) in [5, 5.41) is 0. The third-order valence-electron chi connectivity index (χ3n) is 2.62. The molecule has 0 amide bonds. The third-order valence-corrected chi connectivity index (χ3v) is 3.76. The van der Waals surface area contributed by atoms with Crippen molar-refractivity contribution < 1.29 is 18.0 Å². The van der Waals surface area contributed by atoms with Crippen LogP contribution in [-0.4, -0.2) is 15.7 Å². The molecular weight excluding hydrogens is 265 g/mol. The van der Waals surface area contributed by atoms with Crippen LogP contribution in [0.15, 0.2) is 24.5 Å². The van der Waals surface area contributed by atoms with Crippen LogP contribution in [-0.2, 0) is 6.18 Å². The number of hydrogen-bond acceptors (Lipinski definition) is 3. The van der Waals surface area contributed by atoms with E-state index in [1.807, 2.05) is 0 Å². The minimum atomic E-state index is -4.36. The minimum Gasteiger partial charge on any atom is -0.296 e. The van der Waals surface area contributed by atoms with Gasteiger partial charge in [0.15, 0.2) is 6.29 Å². The lowest BCUT2D eigenvalue weighted by atomic mass is 10.2. The number of carbonyl (C=O) groups excluding carboxylic acids is 1. The van der Waals surface area contributed by atoms with Crippen molar-refractivity contribution in [2.75, 3.05) is 0 Å². The number of benzene rings is 1. The minimum absolute atomic E-state index is 0.241. The van der Waals surface area contributed by atoms with Crippen LogP contribution in [0, 0.1) is 0 Å². The Morgan fingerprint density at radius 1 is 1.33 bits per heavy atom. The smallest absolute Gasteiger partial charge is 0.296 e. The van der Waals surface area contributed by atoms with Gasteiger partial charge in [-0.15, -0.1) is 11.3 Å². The fourth-order valence-corrected chi connectivity index (χ4v) is 2.89. The third kappa shape index (κ3) is 1.51. The van der Waals surface area contributed by atoms with Crippen LogP contribution >= 0.6 is 11.3 Å². The quantitative estimate of drug-likeness (QED) is 0.635. The second-order valence-electron chi connectivity index (χ2n) is 3.71. The lowest BCUT2D eigenvalue weighted by molar-refractivity contribution is -0.137. The molecule has 0 aliphatic carbocycles. The van der Waals surface area contributed by atoms with Crippen molar-refractivity contribution in [1.82, 2.24) is 9.38 Å². The molecule has 0 atom stereocenters. The van der Waals surface area contributed by atoms with Gasteiger partial charge in [-0.2, -0.15) is 13.2 Å². The highest BCUT2D eigenvalue weighted by atomic mass is 32.1. The fourth-order valence-electron chi connectivity index (χ4n) is 1.78. The molecule has 3 aromatic rings. The van der Waals surface area contributed by atoms with E-state index in [-0.39, 0.29) is 5.69 Å². The summed E-state index contributed by atoms with van der Waals surface area (Å²) in [7, 11) is 0. The Labute approximate surface area is 102 Å². The van der Waals surface area contributed by atoms with Gasteiger partial charge < -0.3 is 0 Å². The highest BCUT2D eigenvalue weighted by Gasteiger charge is 2.30. The molecule has 1 aromatic carbocycles. The van der Waals surface area contributed by atoms with Crippen molar-refractivity contribution >= 4 is 32.7 Å². The standard InChI is InChI=1S/C11H5F3N2OS/c12-11(13,14)6-1-2-8-9(3-6)18-10-7(4-17)15-5-16(8)10/h1-5H. The second kappa shape index (κ2) is 3.55. The van der Waals surface area contributed by atoms with Crippen molar-refractivity contribution in [1.29, 1.82) is 0 Å². The van der Waals surface area contributed by atoms with Crippen molar-refractivity contribution in [3.63, 3.8) is 0 Å². The molecule has 92 valence electrons. The number of nitrogens with zero attached hydrogens (tertiary/aromatic N) is 2. The average molecular weight is 270 g/mol. The molecule has 0 saturated heterocycles. The number of thiazole rings is 1. The van der Waals surface area contributed by atoms with Gasteiger partial charge in [-0.1, -0.05) is 0 Å². The van der Waals surface area contributed by atoms with Crippen molar-refractivity contribution in [3.8, 4) is 0 Å². The van der Waals surface area contributed by atoms with E-state index < -0.39 is 11.7 Å². The Hall–Kier alpha value is -1.89. The molecular formula is C11H5F3N2OS. The number of halogens is 3. The first-order valence-electron chi connectivity index (χ1n) is 4.92. The summed E-state index contributed by atoms with van der Waals surface area (Å²) in [5.74, 6) is 0. The molecule has 3 rings (SSSR count). The molecule has 0 bridgehead atoms. The molecule has 2 aromatic heterocycles. The number of fused-ring (bicyclic) bond motifs is 3. The van der Waals surface area contributed by atoms with Gasteiger partial charge in [-0.05, 0) is 18.2 Å². The van der Waals surface area contributed by atoms with Crippen molar-refractivity contribution in [2.45, 2.75) is 6.18 Å². The normalized spacial score (nSPS) is 12.4. The zero-order chi connectivity index (χ0) is 12.9. The van der Waals surface area contributed by atoms with E-state index >= 15 is 0 Å². The zero-order valence-corrected chi connectivity index (χ0v) is 9.55. The predicted octanol–water partition coefficient (Wildman–Crippen LogP) is 3.38. The Bertz CT molecular complexity index is 757. The van der Waals surface area contributed by atoms with Crippen LogP contribution in [0.4, 0.5) is 13.2 Å². The molecule has 0 fully saturated rings. The van der Waals surface area contributed by atoms with Crippen LogP contribution < -0.4 is 0 Å². The highest BCUT2D eigenvalue weighted by Crippen LogP contribution is 2.35. The molecule has 0 aliphatic heterocycles. The van der Waals surface area contributed by atoms with Gasteiger partial charge in [0.05, 0.1) is 15.8 Å². The topological polar surface area (TPSA) is 34.4 Å². The summed E-state index contributed by atoms with van der Waals surface area (Å²) in [4.78, 5) is 15.2. The number of alkyl halides is 3. The highest BCUT2D eigenvalue weighted by molar-refractivity contribution is 7.24. The Balaban J connectivity index is 2.33. The van der Waals surface area contributed by atoms with E-state index in [2.05, 4.69) is 4.98 Å². The van der Waals surface area contributed by atoms with Crippen LogP contribution in [0.2, 0.25) is 0 Å². The van der Waals surface area contributed by atoms with Gasteiger partial charge in [-0.3, -0.25) is 9.20 Å². The lowest BCUT2D eigenvalue weighted by Crippen LogP contribution is -2.03. The predicted molar refractivity (Wildman–Crippen MR) is 61.0 cm³/mol. The average Bonchev–Trinajstić information content (AvgIpc) is 2.84. The Morgan fingerprint density at radius 3 is 2.78 bits per heavy atom. The second-order valence-corrected chi connectivity index (χ2v) is 4.74. The van der Waals surface area contributed by atoms with Gasteiger partial charge in [0.1, 0.15) is 16.9 Å². The Morgan fingerprint density at radius 2 is 2.11 bits per heavy atom. The number of rotatable bonds is 1. The summed E-state index contributed by atoms with van der Waals surface area (Å²) in [6.45, 7) is 0. The van der Waals surface area contributed by atoms with E-state index in [4.69, 9.17) is 0 Å². The SMILES string of the molecule is O=Cc1ncn2c1sc1cc(C(F)(F)F)ccc12. The van der Waals surface area contributed by atoms with E-state index in [1.54, 1.807) is 4.40 Å². The molecule has 0 N–H and O–H groups in total. The maximum absolute atomic E-state index is 12.6. The van der Waals surface area contributed by atoms with E-state index in [1.165, 1.54) is 12.4 Å². The molecule has 18 heavy (non-hydrogen) atoms. The fraction of sp³-hybridized carbons (Fsp3) is 0.0909. The van der Waals surface area contributed by atoms with Crippen molar-refractivity contribution in [2.24, 2.45) is 0 Å². The summed E-state index contributed by atoms with van der Waals surface area (Å²) in [5.41, 5.74) is 0.161. The maximum Gasteiger partial charge on any atom is 0.416 e. The molecule has 0 aliphatic rings. The largest absolute Gasteiger partial charge is 0.416 e. The summed E-state index contributed by atoms with van der Waals surface area (Å²) < 4.78 is 39.8. The van der Waals surface area contributed by atoms with E-state index in [0.29, 0.717) is 21.3 Å². The van der Waals surface area contributed by atoms with Gasteiger partial charge in [0.25, 0.3) is 0 Å². The van der Waals surface area contributed by atoms with Crippen LogP contribution in [0.1, 0.15) is 16.1 Å². The molecule has 3 nitrogen and oxygen atoms in total. The summed E-state index contributed by atoms with van der Waals surface area (Å²) in [6, 6.07) is 3.49. The summed E-state index contributed by atoms with van der Waals surface area (Å²) in [6.07, 6.45) is -2.33. The van der Waals surface area contributed by atoms with Gasteiger partial charge >= 0.3 is 6.18 Å². The number of imidazole rings is 1. The molecule has 0 radical (unpaired) electrons.